The van der Waals surface area contributed by atoms with Gasteiger partial charge in [-0.1, -0.05) is 42.0 Å². The number of ketones is 1. The monoisotopic (exact) mass is 403 g/mol. The maximum absolute atomic E-state index is 14.0. The zero-order valence-electron chi connectivity index (χ0n) is 16.0. The van der Waals surface area contributed by atoms with E-state index >= 15 is 0 Å². The molecule has 0 spiro atoms. The third-order valence-corrected chi connectivity index (χ3v) is 5.06. The first-order chi connectivity index (χ1) is 14.4. The molecule has 1 atom stereocenters. The Morgan fingerprint density at radius 1 is 0.967 bits per heavy atom. The molecule has 0 aromatic heterocycles. The van der Waals surface area contributed by atoms with Gasteiger partial charge in [0.1, 0.15) is 17.3 Å². The van der Waals surface area contributed by atoms with Crippen LogP contribution in [0.5, 0.6) is 5.75 Å². The molecule has 0 radical (unpaired) electrons. The standard InChI is InChI=1S/C24H18FNO4/c1-14-5-7-15(8-6-14)22(28)20-21(16-3-2-4-17(25)13-16)26(24(30)23(20)29)18-9-11-19(27)12-10-18/h2-13,21,27-28H,1H3. The van der Waals surface area contributed by atoms with Crippen LogP contribution < -0.4 is 4.90 Å². The van der Waals surface area contributed by atoms with E-state index in [1.165, 1.54) is 47.4 Å². The largest absolute Gasteiger partial charge is 0.508 e. The number of hydrogen-bond donors (Lipinski definition) is 2. The van der Waals surface area contributed by atoms with Gasteiger partial charge in [0.15, 0.2) is 0 Å². The summed E-state index contributed by atoms with van der Waals surface area (Å²) in [5.74, 6) is -2.57. The Kier molecular flexibility index (Phi) is 4.83. The quantitative estimate of drug-likeness (QED) is 0.384. The normalized spacial score (nSPS) is 18.1. The zero-order chi connectivity index (χ0) is 21.4. The summed E-state index contributed by atoms with van der Waals surface area (Å²) in [6.45, 7) is 1.89. The summed E-state index contributed by atoms with van der Waals surface area (Å²) in [6.07, 6.45) is 0. The minimum absolute atomic E-state index is 0.00250. The van der Waals surface area contributed by atoms with Crippen molar-refractivity contribution in [3.8, 4) is 5.75 Å². The van der Waals surface area contributed by atoms with Gasteiger partial charge in [0.05, 0.1) is 11.6 Å². The van der Waals surface area contributed by atoms with Gasteiger partial charge in [-0.2, -0.15) is 0 Å². The Bertz CT molecular complexity index is 1170. The van der Waals surface area contributed by atoms with E-state index in [-0.39, 0.29) is 17.1 Å². The molecular formula is C24H18FNO4. The predicted octanol–water partition coefficient (Wildman–Crippen LogP) is 4.47. The first-order valence-corrected chi connectivity index (χ1v) is 9.29. The number of hydrogen-bond acceptors (Lipinski definition) is 4. The van der Waals surface area contributed by atoms with Gasteiger partial charge in [-0.3, -0.25) is 14.5 Å². The summed E-state index contributed by atoms with van der Waals surface area (Å²) in [5, 5.41) is 20.5. The number of aryl methyl sites for hydroxylation is 1. The fourth-order valence-corrected chi connectivity index (χ4v) is 3.57. The number of phenolic OH excluding ortho intramolecular Hbond substituents is 1. The van der Waals surface area contributed by atoms with Crippen LogP contribution in [0.3, 0.4) is 0 Å². The lowest BCUT2D eigenvalue weighted by Crippen LogP contribution is -2.29. The maximum Gasteiger partial charge on any atom is 0.300 e. The van der Waals surface area contributed by atoms with E-state index in [1.807, 2.05) is 6.92 Å². The van der Waals surface area contributed by atoms with Crippen molar-refractivity contribution < 1.29 is 24.2 Å². The van der Waals surface area contributed by atoms with Gasteiger partial charge >= 0.3 is 0 Å². The number of Topliss-reactive ketones (excluding diaryl/α,β-unsaturated/α-hetero) is 1. The molecule has 6 heteroatoms. The maximum atomic E-state index is 14.0. The third-order valence-electron chi connectivity index (χ3n) is 5.06. The fourth-order valence-electron chi connectivity index (χ4n) is 3.57. The second-order valence-corrected chi connectivity index (χ2v) is 7.11. The average Bonchev–Trinajstić information content (AvgIpc) is 3.00. The highest BCUT2D eigenvalue weighted by Crippen LogP contribution is 2.42. The smallest absolute Gasteiger partial charge is 0.300 e. The minimum Gasteiger partial charge on any atom is -0.508 e. The van der Waals surface area contributed by atoms with Gasteiger partial charge in [0.25, 0.3) is 11.7 Å². The molecule has 30 heavy (non-hydrogen) atoms. The van der Waals surface area contributed by atoms with Crippen molar-refractivity contribution in [1.29, 1.82) is 0 Å². The molecule has 4 rings (SSSR count). The predicted molar refractivity (Wildman–Crippen MR) is 110 cm³/mol. The number of aliphatic hydroxyl groups excluding tert-OH is 1. The number of nitrogens with zero attached hydrogens (tertiary/aromatic N) is 1. The van der Waals surface area contributed by atoms with E-state index in [4.69, 9.17) is 0 Å². The van der Waals surface area contributed by atoms with E-state index in [2.05, 4.69) is 0 Å². The van der Waals surface area contributed by atoms with Crippen LogP contribution in [0.2, 0.25) is 0 Å². The average molecular weight is 403 g/mol. The molecule has 0 bridgehead atoms. The van der Waals surface area contributed by atoms with E-state index in [1.54, 1.807) is 30.3 Å². The van der Waals surface area contributed by atoms with Crippen molar-refractivity contribution in [2.24, 2.45) is 0 Å². The third kappa shape index (κ3) is 3.33. The molecule has 0 saturated carbocycles. The van der Waals surface area contributed by atoms with Gasteiger partial charge in [-0.15, -0.1) is 0 Å². The molecule has 3 aromatic carbocycles. The highest BCUT2D eigenvalue weighted by atomic mass is 19.1. The number of rotatable bonds is 3. The van der Waals surface area contributed by atoms with Gasteiger partial charge in [-0.25, -0.2) is 4.39 Å². The van der Waals surface area contributed by atoms with E-state index in [9.17, 15) is 24.2 Å². The zero-order valence-corrected chi connectivity index (χ0v) is 16.0. The lowest BCUT2D eigenvalue weighted by atomic mass is 9.95. The van der Waals surface area contributed by atoms with Gasteiger partial charge in [0.2, 0.25) is 0 Å². The number of aliphatic hydroxyl groups is 1. The molecule has 1 fully saturated rings. The summed E-state index contributed by atoms with van der Waals surface area (Å²) in [5.41, 5.74) is 1.91. The Balaban J connectivity index is 1.95. The first-order valence-electron chi connectivity index (χ1n) is 9.29. The molecule has 1 aliphatic heterocycles. The number of benzene rings is 3. The Morgan fingerprint density at radius 3 is 2.27 bits per heavy atom. The van der Waals surface area contributed by atoms with Crippen LogP contribution in [0.25, 0.3) is 5.76 Å². The van der Waals surface area contributed by atoms with Gasteiger partial charge < -0.3 is 10.2 Å². The van der Waals surface area contributed by atoms with Gasteiger partial charge in [-0.05, 0) is 48.9 Å². The highest BCUT2D eigenvalue weighted by Gasteiger charge is 2.47. The van der Waals surface area contributed by atoms with Crippen LogP contribution >= 0.6 is 0 Å². The van der Waals surface area contributed by atoms with E-state index in [0.29, 0.717) is 16.8 Å². The number of anilines is 1. The Morgan fingerprint density at radius 2 is 1.63 bits per heavy atom. The van der Waals surface area contributed by atoms with Crippen molar-refractivity contribution in [2.75, 3.05) is 4.90 Å². The van der Waals surface area contributed by atoms with Crippen LogP contribution in [0.1, 0.15) is 22.7 Å². The number of amides is 1. The summed E-state index contributed by atoms with van der Waals surface area (Å²) in [7, 11) is 0. The minimum atomic E-state index is -1.02. The SMILES string of the molecule is Cc1ccc(C(O)=C2C(=O)C(=O)N(c3ccc(O)cc3)C2c2cccc(F)c2)cc1. The summed E-state index contributed by atoms with van der Waals surface area (Å²) >= 11 is 0. The Labute approximate surface area is 172 Å². The van der Waals surface area contributed by atoms with E-state index < -0.39 is 23.5 Å². The molecule has 1 saturated heterocycles. The molecule has 1 heterocycles. The van der Waals surface area contributed by atoms with Crippen molar-refractivity contribution in [3.63, 3.8) is 0 Å². The number of phenols is 1. The van der Waals surface area contributed by atoms with Crippen molar-refractivity contribution in [1.82, 2.24) is 0 Å². The first kappa shape index (κ1) is 19.4. The molecular weight excluding hydrogens is 385 g/mol. The summed E-state index contributed by atoms with van der Waals surface area (Å²) in [4.78, 5) is 27.1. The topological polar surface area (TPSA) is 77.8 Å². The second kappa shape index (κ2) is 7.48. The van der Waals surface area contributed by atoms with Crippen LogP contribution in [0, 0.1) is 12.7 Å². The highest BCUT2D eigenvalue weighted by molar-refractivity contribution is 6.51. The lowest BCUT2D eigenvalue weighted by molar-refractivity contribution is -0.132. The van der Waals surface area contributed by atoms with Crippen LogP contribution in [-0.2, 0) is 9.59 Å². The molecule has 3 aromatic rings. The number of carbonyl (C=O) groups is 2. The lowest BCUT2D eigenvalue weighted by Gasteiger charge is -2.25. The number of aromatic hydroxyl groups is 1. The number of halogens is 1. The summed E-state index contributed by atoms with van der Waals surface area (Å²) < 4.78 is 14.0. The van der Waals surface area contributed by atoms with Gasteiger partial charge in [0, 0.05) is 11.3 Å². The molecule has 5 nitrogen and oxygen atoms in total. The molecule has 150 valence electrons. The molecule has 1 amide bonds. The second-order valence-electron chi connectivity index (χ2n) is 7.11. The Hall–Kier alpha value is -3.93. The number of carbonyl (C=O) groups excluding carboxylic acids is 2. The van der Waals surface area contributed by atoms with Crippen molar-refractivity contribution >= 4 is 23.1 Å². The fraction of sp³-hybridized carbons (Fsp3) is 0.0833. The van der Waals surface area contributed by atoms with Crippen molar-refractivity contribution in [3.05, 3.63) is 101 Å². The molecule has 2 N–H and O–H groups in total. The van der Waals surface area contributed by atoms with Crippen LogP contribution in [-0.4, -0.2) is 21.9 Å². The molecule has 0 aliphatic carbocycles. The summed E-state index contributed by atoms with van der Waals surface area (Å²) in [6, 6.07) is 17.1. The van der Waals surface area contributed by atoms with Crippen LogP contribution in [0.15, 0.2) is 78.4 Å². The van der Waals surface area contributed by atoms with E-state index in [0.717, 1.165) is 5.56 Å². The van der Waals surface area contributed by atoms with Crippen LogP contribution in [0.4, 0.5) is 10.1 Å². The molecule has 1 aliphatic rings. The molecule has 1 unspecified atom stereocenters. The van der Waals surface area contributed by atoms with Crippen molar-refractivity contribution in [2.45, 2.75) is 13.0 Å².